The van der Waals surface area contributed by atoms with Gasteiger partial charge in [-0.15, -0.1) is 0 Å². The van der Waals surface area contributed by atoms with E-state index in [1.807, 2.05) is 39.5 Å². The van der Waals surface area contributed by atoms with Gasteiger partial charge in [-0.25, -0.2) is 0 Å². The molecule has 0 aromatic rings. The molecule has 0 rings (SSSR count). The summed E-state index contributed by atoms with van der Waals surface area (Å²) in [5.41, 5.74) is 5.40. The standard InChI is InChI=1S/C11H24N2O/c1-6-11(12,7-2)10(14)13(8-3)9(4)5/h9H,6-8,12H2,1-5H3. The summed E-state index contributed by atoms with van der Waals surface area (Å²) < 4.78 is 0. The van der Waals surface area contributed by atoms with Crippen LogP contribution < -0.4 is 5.73 Å². The van der Waals surface area contributed by atoms with Gasteiger partial charge in [-0.3, -0.25) is 4.79 Å². The monoisotopic (exact) mass is 200 g/mol. The van der Waals surface area contributed by atoms with Crippen LogP contribution in [0.15, 0.2) is 0 Å². The van der Waals surface area contributed by atoms with Crippen LogP contribution >= 0.6 is 0 Å². The first-order valence-electron chi connectivity index (χ1n) is 5.52. The largest absolute Gasteiger partial charge is 0.339 e. The van der Waals surface area contributed by atoms with Crippen molar-refractivity contribution in [2.75, 3.05) is 6.54 Å². The Morgan fingerprint density at radius 3 is 1.93 bits per heavy atom. The SMILES string of the molecule is CCN(C(=O)C(N)(CC)CC)C(C)C. The number of nitrogens with zero attached hydrogens (tertiary/aromatic N) is 1. The maximum absolute atomic E-state index is 12.1. The lowest BCUT2D eigenvalue weighted by molar-refractivity contribution is -0.138. The van der Waals surface area contributed by atoms with Crippen molar-refractivity contribution in [3.63, 3.8) is 0 Å². The van der Waals surface area contributed by atoms with Gasteiger partial charge in [-0.1, -0.05) is 13.8 Å². The number of hydrogen-bond donors (Lipinski definition) is 1. The summed E-state index contributed by atoms with van der Waals surface area (Å²) in [6.07, 6.45) is 1.40. The molecule has 3 heteroatoms. The summed E-state index contributed by atoms with van der Waals surface area (Å²) in [6.45, 7) is 10.7. The van der Waals surface area contributed by atoms with Gasteiger partial charge < -0.3 is 10.6 Å². The zero-order chi connectivity index (χ0) is 11.4. The average Bonchev–Trinajstić information content (AvgIpc) is 2.17. The fourth-order valence-electron chi connectivity index (χ4n) is 1.58. The van der Waals surface area contributed by atoms with Crippen molar-refractivity contribution in [3.8, 4) is 0 Å². The Bertz CT molecular complexity index is 186. The molecule has 0 saturated heterocycles. The molecule has 0 aromatic carbocycles. The van der Waals surface area contributed by atoms with Crippen LogP contribution in [0, 0.1) is 0 Å². The van der Waals surface area contributed by atoms with Crippen LogP contribution in [0.25, 0.3) is 0 Å². The van der Waals surface area contributed by atoms with Gasteiger partial charge in [-0.2, -0.15) is 0 Å². The van der Waals surface area contributed by atoms with E-state index >= 15 is 0 Å². The maximum Gasteiger partial charge on any atom is 0.242 e. The summed E-state index contributed by atoms with van der Waals surface area (Å²) in [4.78, 5) is 13.9. The average molecular weight is 200 g/mol. The lowest BCUT2D eigenvalue weighted by Gasteiger charge is -2.34. The number of hydrogen-bond acceptors (Lipinski definition) is 2. The predicted molar refractivity (Wildman–Crippen MR) is 60.0 cm³/mol. The Balaban J connectivity index is 4.71. The summed E-state index contributed by atoms with van der Waals surface area (Å²) in [7, 11) is 0. The van der Waals surface area contributed by atoms with E-state index in [9.17, 15) is 4.79 Å². The molecule has 0 aliphatic heterocycles. The highest BCUT2D eigenvalue weighted by atomic mass is 16.2. The van der Waals surface area contributed by atoms with Gasteiger partial charge in [-0.05, 0) is 33.6 Å². The normalized spacial score (nSPS) is 11.9. The first kappa shape index (κ1) is 13.4. The second-order valence-corrected chi connectivity index (χ2v) is 4.05. The predicted octanol–water partition coefficient (Wildman–Crippen LogP) is 1.76. The lowest BCUT2D eigenvalue weighted by Crippen LogP contribution is -2.56. The Labute approximate surface area is 87.6 Å². The summed E-state index contributed by atoms with van der Waals surface area (Å²) in [5, 5.41) is 0. The molecule has 0 radical (unpaired) electrons. The van der Waals surface area contributed by atoms with Gasteiger partial charge in [0.2, 0.25) is 5.91 Å². The van der Waals surface area contributed by atoms with Crippen molar-refractivity contribution in [1.29, 1.82) is 0 Å². The third kappa shape index (κ3) is 2.71. The first-order chi connectivity index (χ1) is 6.42. The zero-order valence-electron chi connectivity index (χ0n) is 10.1. The Morgan fingerprint density at radius 2 is 1.71 bits per heavy atom. The number of likely N-dealkylation sites (N-methyl/N-ethyl adjacent to an activating group) is 1. The number of carbonyl (C=O) groups is 1. The van der Waals surface area contributed by atoms with E-state index in [1.165, 1.54) is 0 Å². The topological polar surface area (TPSA) is 46.3 Å². The Morgan fingerprint density at radius 1 is 1.29 bits per heavy atom. The third-order valence-electron chi connectivity index (χ3n) is 2.91. The Hall–Kier alpha value is -0.570. The molecule has 1 amide bonds. The first-order valence-corrected chi connectivity index (χ1v) is 5.52. The molecule has 2 N–H and O–H groups in total. The summed E-state index contributed by atoms with van der Waals surface area (Å²) in [6, 6.07) is 0.230. The highest BCUT2D eigenvalue weighted by molar-refractivity contribution is 5.86. The van der Waals surface area contributed by atoms with Crippen LogP contribution in [0.4, 0.5) is 0 Å². The molecule has 0 fully saturated rings. The molecule has 0 bridgehead atoms. The molecule has 84 valence electrons. The van der Waals surface area contributed by atoms with Crippen LogP contribution in [-0.2, 0) is 4.79 Å². The van der Waals surface area contributed by atoms with Gasteiger partial charge in [0, 0.05) is 12.6 Å². The van der Waals surface area contributed by atoms with Gasteiger partial charge >= 0.3 is 0 Å². The highest BCUT2D eigenvalue weighted by Gasteiger charge is 2.34. The molecule has 0 atom stereocenters. The van der Waals surface area contributed by atoms with Gasteiger partial charge in [0.25, 0.3) is 0 Å². The molecule has 0 unspecified atom stereocenters. The van der Waals surface area contributed by atoms with Crippen molar-refractivity contribution < 1.29 is 4.79 Å². The summed E-state index contributed by atoms with van der Waals surface area (Å²) >= 11 is 0. The smallest absolute Gasteiger partial charge is 0.242 e. The molecule has 0 aromatic heterocycles. The number of amides is 1. The molecule has 0 saturated carbocycles. The molecule has 0 aliphatic rings. The minimum Gasteiger partial charge on any atom is -0.339 e. The molecule has 14 heavy (non-hydrogen) atoms. The second kappa shape index (κ2) is 5.35. The Kier molecular flexibility index (Phi) is 5.13. The van der Waals surface area contributed by atoms with Crippen molar-refractivity contribution >= 4 is 5.91 Å². The number of rotatable bonds is 5. The maximum atomic E-state index is 12.1. The highest BCUT2D eigenvalue weighted by Crippen LogP contribution is 2.16. The summed E-state index contributed by atoms with van der Waals surface area (Å²) in [5.74, 6) is 0.0833. The van der Waals surface area contributed by atoms with Crippen LogP contribution in [0.2, 0.25) is 0 Å². The van der Waals surface area contributed by atoms with Gasteiger partial charge in [0.1, 0.15) is 0 Å². The minimum absolute atomic E-state index is 0.0833. The van der Waals surface area contributed by atoms with E-state index in [1.54, 1.807) is 0 Å². The molecule has 3 nitrogen and oxygen atoms in total. The van der Waals surface area contributed by atoms with E-state index in [4.69, 9.17) is 5.73 Å². The fourth-order valence-corrected chi connectivity index (χ4v) is 1.58. The van der Waals surface area contributed by atoms with Gasteiger partial charge in [0.05, 0.1) is 5.54 Å². The number of carbonyl (C=O) groups excluding carboxylic acids is 1. The van der Waals surface area contributed by atoms with Crippen LogP contribution in [0.3, 0.4) is 0 Å². The molecule has 0 spiro atoms. The molecule has 0 aliphatic carbocycles. The van der Waals surface area contributed by atoms with E-state index in [2.05, 4.69) is 0 Å². The van der Waals surface area contributed by atoms with Crippen molar-refractivity contribution in [1.82, 2.24) is 4.90 Å². The zero-order valence-corrected chi connectivity index (χ0v) is 10.1. The van der Waals surface area contributed by atoms with Crippen LogP contribution in [-0.4, -0.2) is 28.9 Å². The fraction of sp³-hybridized carbons (Fsp3) is 0.909. The van der Waals surface area contributed by atoms with Gasteiger partial charge in [0.15, 0.2) is 0 Å². The van der Waals surface area contributed by atoms with E-state index in [0.29, 0.717) is 12.8 Å². The minimum atomic E-state index is -0.666. The third-order valence-corrected chi connectivity index (χ3v) is 2.91. The number of nitrogens with two attached hydrogens (primary N) is 1. The van der Waals surface area contributed by atoms with E-state index in [0.717, 1.165) is 6.54 Å². The van der Waals surface area contributed by atoms with Crippen molar-refractivity contribution in [3.05, 3.63) is 0 Å². The molecular formula is C11H24N2O. The van der Waals surface area contributed by atoms with Crippen LogP contribution in [0.1, 0.15) is 47.5 Å². The lowest BCUT2D eigenvalue weighted by atomic mass is 9.92. The second-order valence-electron chi connectivity index (χ2n) is 4.05. The quantitative estimate of drug-likeness (QED) is 0.735. The van der Waals surface area contributed by atoms with Crippen LogP contribution in [0.5, 0.6) is 0 Å². The van der Waals surface area contributed by atoms with E-state index in [-0.39, 0.29) is 11.9 Å². The molecular weight excluding hydrogens is 176 g/mol. The van der Waals surface area contributed by atoms with E-state index < -0.39 is 5.54 Å². The molecule has 0 heterocycles. The van der Waals surface area contributed by atoms with Crippen molar-refractivity contribution in [2.45, 2.75) is 59.0 Å². The van der Waals surface area contributed by atoms with Crippen molar-refractivity contribution in [2.24, 2.45) is 5.73 Å².